The zero-order chi connectivity index (χ0) is 10.1. The highest BCUT2D eigenvalue weighted by molar-refractivity contribution is 5.50. The molecule has 2 heterocycles. The van der Waals surface area contributed by atoms with E-state index in [2.05, 4.69) is 9.72 Å². The first-order chi connectivity index (χ1) is 6.70. The Bertz CT molecular complexity index is 368. The molecule has 1 aliphatic heterocycles. The van der Waals surface area contributed by atoms with Crippen LogP contribution in [0.5, 0.6) is 0 Å². The molecule has 0 saturated carbocycles. The quantitative estimate of drug-likeness (QED) is 0.653. The van der Waals surface area contributed by atoms with Gasteiger partial charge in [0.1, 0.15) is 0 Å². The van der Waals surface area contributed by atoms with Crippen molar-refractivity contribution < 1.29 is 17.9 Å². The van der Waals surface area contributed by atoms with Gasteiger partial charge in [-0.05, 0) is 12.1 Å². The van der Waals surface area contributed by atoms with Crippen LogP contribution in [0, 0.1) is 0 Å². The number of aromatic nitrogens is 1. The summed E-state index contributed by atoms with van der Waals surface area (Å²) in [7, 11) is 0. The molecule has 0 spiro atoms. The third kappa shape index (κ3) is 1.28. The van der Waals surface area contributed by atoms with Gasteiger partial charge >= 0.3 is 12.5 Å². The van der Waals surface area contributed by atoms with Crippen LogP contribution in [-0.2, 0) is 4.74 Å². The van der Waals surface area contributed by atoms with Crippen LogP contribution in [-0.4, -0.2) is 11.5 Å². The molecule has 2 rings (SSSR count). The predicted molar refractivity (Wildman–Crippen MR) is 41.9 cm³/mol. The van der Waals surface area contributed by atoms with Crippen LogP contribution in [0.2, 0.25) is 0 Å². The van der Waals surface area contributed by atoms with E-state index >= 15 is 0 Å². The van der Waals surface area contributed by atoms with E-state index in [1.165, 1.54) is 24.5 Å². The van der Waals surface area contributed by atoms with Crippen LogP contribution < -0.4 is 4.90 Å². The van der Waals surface area contributed by atoms with E-state index in [0.29, 0.717) is 4.90 Å². The second kappa shape index (κ2) is 3.21. The van der Waals surface area contributed by atoms with Gasteiger partial charge in [-0.25, -0.2) is 4.90 Å². The third-order valence-electron chi connectivity index (χ3n) is 1.72. The number of hydrogen-bond donors (Lipinski definition) is 0. The molecule has 74 valence electrons. The van der Waals surface area contributed by atoms with E-state index in [1.54, 1.807) is 0 Å². The van der Waals surface area contributed by atoms with Crippen LogP contribution in [0.3, 0.4) is 0 Å². The Balaban J connectivity index is 2.36. The number of anilines is 1. The number of nitrogens with zero attached hydrogens (tertiary/aromatic N) is 2. The second-order valence-corrected chi connectivity index (χ2v) is 2.55. The summed E-state index contributed by atoms with van der Waals surface area (Å²) in [5.74, 6) is -1.37. The summed E-state index contributed by atoms with van der Waals surface area (Å²) < 4.78 is 42.3. The Kier molecular flexibility index (Phi) is 2.03. The summed E-state index contributed by atoms with van der Waals surface area (Å²) in [5.41, 5.74) is 0.137. The average molecular weight is 202 g/mol. The summed E-state index contributed by atoms with van der Waals surface area (Å²) in [6.07, 6.45) is 2.68. The van der Waals surface area contributed by atoms with Crippen molar-refractivity contribution in [2.75, 3.05) is 4.90 Å². The minimum Gasteiger partial charge on any atom is -0.414 e. The highest BCUT2D eigenvalue weighted by Crippen LogP contribution is 2.33. The molecule has 0 saturated heterocycles. The SMILES string of the molecule is FC1=C(F)N(c2ccncc2)C(F)O1. The number of pyridine rings is 1. The number of hydrogen-bond acceptors (Lipinski definition) is 3. The lowest BCUT2D eigenvalue weighted by Gasteiger charge is -2.17. The summed E-state index contributed by atoms with van der Waals surface area (Å²) in [6, 6.07) is 1.14. The van der Waals surface area contributed by atoms with Crippen molar-refractivity contribution in [1.29, 1.82) is 0 Å². The maximum atomic E-state index is 13.0. The zero-order valence-corrected chi connectivity index (χ0v) is 6.82. The minimum atomic E-state index is -2.17. The van der Waals surface area contributed by atoms with Crippen molar-refractivity contribution in [3.05, 3.63) is 36.5 Å². The Morgan fingerprint density at radius 2 is 1.93 bits per heavy atom. The van der Waals surface area contributed by atoms with Crippen LogP contribution in [0.25, 0.3) is 0 Å². The van der Waals surface area contributed by atoms with Crippen LogP contribution in [0.1, 0.15) is 0 Å². The standard InChI is InChI=1S/C8H5F3N2O/c9-6-7(10)14-8(11)13(6)5-1-3-12-4-2-5/h1-4,8H. The largest absolute Gasteiger partial charge is 0.414 e. The lowest BCUT2D eigenvalue weighted by atomic mass is 10.4. The first-order valence-electron chi connectivity index (χ1n) is 3.75. The van der Waals surface area contributed by atoms with Gasteiger partial charge in [0, 0.05) is 12.4 Å². The molecule has 0 N–H and O–H groups in total. The zero-order valence-electron chi connectivity index (χ0n) is 6.82. The molecule has 0 fully saturated rings. The molecule has 1 aromatic rings. The van der Waals surface area contributed by atoms with E-state index < -0.39 is 18.4 Å². The highest BCUT2D eigenvalue weighted by atomic mass is 19.2. The molecule has 3 nitrogen and oxygen atoms in total. The van der Waals surface area contributed by atoms with Gasteiger partial charge in [0.15, 0.2) is 0 Å². The average Bonchev–Trinajstić information content (AvgIpc) is 2.43. The number of ether oxygens (including phenoxy) is 1. The van der Waals surface area contributed by atoms with Crippen molar-refractivity contribution in [2.24, 2.45) is 0 Å². The molecular weight excluding hydrogens is 197 g/mol. The van der Waals surface area contributed by atoms with Gasteiger partial charge in [-0.3, -0.25) is 4.98 Å². The lowest BCUT2D eigenvalue weighted by molar-refractivity contribution is 0.00360. The first kappa shape index (κ1) is 8.86. The molecule has 1 aromatic heterocycles. The number of alkyl halides is 1. The maximum Gasteiger partial charge on any atom is 0.331 e. The van der Waals surface area contributed by atoms with E-state index in [-0.39, 0.29) is 5.69 Å². The van der Waals surface area contributed by atoms with Crippen molar-refractivity contribution >= 4 is 5.69 Å². The molecule has 0 radical (unpaired) electrons. The molecule has 0 aromatic carbocycles. The van der Waals surface area contributed by atoms with Crippen molar-refractivity contribution in [1.82, 2.24) is 4.98 Å². The van der Waals surface area contributed by atoms with Gasteiger partial charge in [-0.15, -0.1) is 0 Å². The molecule has 6 heteroatoms. The first-order valence-corrected chi connectivity index (χ1v) is 3.75. The molecule has 0 bridgehead atoms. The number of halogens is 3. The van der Waals surface area contributed by atoms with Crippen molar-refractivity contribution in [3.63, 3.8) is 0 Å². The van der Waals surface area contributed by atoms with Crippen molar-refractivity contribution in [2.45, 2.75) is 6.48 Å². The third-order valence-corrected chi connectivity index (χ3v) is 1.72. The summed E-state index contributed by atoms with van der Waals surface area (Å²) in [6.45, 7) is -2.17. The highest BCUT2D eigenvalue weighted by Gasteiger charge is 2.35. The van der Waals surface area contributed by atoms with Gasteiger partial charge in [-0.2, -0.15) is 13.2 Å². The molecule has 14 heavy (non-hydrogen) atoms. The van der Waals surface area contributed by atoms with E-state index in [0.717, 1.165) is 0 Å². The van der Waals surface area contributed by atoms with E-state index in [9.17, 15) is 13.2 Å². The topological polar surface area (TPSA) is 25.4 Å². The molecule has 0 aliphatic carbocycles. The van der Waals surface area contributed by atoms with Gasteiger partial charge in [0.2, 0.25) is 0 Å². The Labute approximate surface area is 77.4 Å². The smallest absolute Gasteiger partial charge is 0.331 e. The molecule has 1 atom stereocenters. The Morgan fingerprint density at radius 1 is 1.29 bits per heavy atom. The minimum absolute atomic E-state index is 0.137. The van der Waals surface area contributed by atoms with Gasteiger partial charge in [0.25, 0.3) is 5.95 Å². The number of rotatable bonds is 1. The maximum absolute atomic E-state index is 13.0. The van der Waals surface area contributed by atoms with Crippen LogP contribution in [0.15, 0.2) is 36.5 Å². The fourth-order valence-electron chi connectivity index (χ4n) is 1.11. The van der Waals surface area contributed by atoms with Crippen molar-refractivity contribution in [3.8, 4) is 0 Å². The fraction of sp³-hybridized carbons (Fsp3) is 0.125. The van der Waals surface area contributed by atoms with E-state index in [4.69, 9.17) is 0 Å². The van der Waals surface area contributed by atoms with Gasteiger partial charge < -0.3 is 4.74 Å². The molecule has 1 aliphatic rings. The van der Waals surface area contributed by atoms with Crippen LogP contribution >= 0.6 is 0 Å². The lowest BCUT2D eigenvalue weighted by Crippen LogP contribution is -2.25. The van der Waals surface area contributed by atoms with Crippen LogP contribution in [0.4, 0.5) is 18.9 Å². The van der Waals surface area contributed by atoms with E-state index in [1.807, 2.05) is 0 Å². The second-order valence-electron chi connectivity index (χ2n) is 2.55. The Hall–Kier alpha value is -1.72. The molecule has 1 unspecified atom stereocenters. The summed E-state index contributed by atoms with van der Waals surface area (Å²) >= 11 is 0. The van der Waals surface area contributed by atoms with Gasteiger partial charge in [0.05, 0.1) is 5.69 Å². The fourth-order valence-corrected chi connectivity index (χ4v) is 1.11. The summed E-state index contributed by atoms with van der Waals surface area (Å²) in [5, 5.41) is 0. The molecular formula is C8H5F3N2O. The van der Waals surface area contributed by atoms with Gasteiger partial charge in [-0.1, -0.05) is 0 Å². The normalized spacial score (nSPS) is 21.4. The predicted octanol–water partition coefficient (Wildman–Crippen LogP) is 2.24. The monoisotopic (exact) mass is 202 g/mol. The molecule has 0 amide bonds. The Morgan fingerprint density at radius 3 is 2.43 bits per heavy atom. The summed E-state index contributed by atoms with van der Waals surface area (Å²) in [4.78, 5) is 4.12.